The highest BCUT2D eigenvalue weighted by Crippen LogP contribution is 2.08. The molecular formula is C17H17FN2O. The topological polar surface area (TPSA) is 42.0 Å². The molecule has 0 aliphatic rings. The summed E-state index contributed by atoms with van der Waals surface area (Å²) in [6.07, 6.45) is 5.98. The SMILES string of the molecule is CC(=Cc1ccc(F)cc1)C(=O)NCCc1cccnc1. The Hall–Kier alpha value is -2.49. The largest absolute Gasteiger partial charge is 0.352 e. The summed E-state index contributed by atoms with van der Waals surface area (Å²) in [5, 5.41) is 2.85. The molecule has 108 valence electrons. The number of hydrogen-bond acceptors (Lipinski definition) is 2. The predicted molar refractivity (Wildman–Crippen MR) is 81.0 cm³/mol. The van der Waals surface area contributed by atoms with Crippen molar-refractivity contribution in [1.29, 1.82) is 0 Å². The number of amides is 1. The monoisotopic (exact) mass is 284 g/mol. The van der Waals surface area contributed by atoms with Crippen molar-refractivity contribution in [2.24, 2.45) is 0 Å². The average Bonchev–Trinajstić information content (AvgIpc) is 2.50. The number of nitrogens with one attached hydrogen (secondary N) is 1. The summed E-state index contributed by atoms with van der Waals surface area (Å²) >= 11 is 0. The van der Waals surface area contributed by atoms with Crippen molar-refractivity contribution in [1.82, 2.24) is 10.3 Å². The molecule has 1 amide bonds. The molecule has 0 bridgehead atoms. The van der Waals surface area contributed by atoms with Crippen molar-refractivity contribution in [3.8, 4) is 0 Å². The molecule has 1 N–H and O–H groups in total. The molecule has 0 spiro atoms. The van der Waals surface area contributed by atoms with Crippen molar-refractivity contribution < 1.29 is 9.18 Å². The minimum absolute atomic E-state index is 0.122. The van der Waals surface area contributed by atoms with Crippen molar-refractivity contribution in [3.05, 3.63) is 71.3 Å². The summed E-state index contributed by atoms with van der Waals surface area (Å²) in [7, 11) is 0. The van der Waals surface area contributed by atoms with Gasteiger partial charge in [-0.3, -0.25) is 9.78 Å². The van der Waals surface area contributed by atoms with E-state index in [4.69, 9.17) is 0 Å². The van der Waals surface area contributed by atoms with Crippen LogP contribution in [0.15, 0.2) is 54.4 Å². The lowest BCUT2D eigenvalue weighted by Gasteiger charge is -2.05. The fraction of sp³-hybridized carbons (Fsp3) is 0.176. The number of carbonyl (C=O) groups is 1. The van der Waals surface area contributed by atoms with Crippen LogP contribution in [0.3, 0.4) is 0 Å². The lowest BCUT2D eigenvalue weighted by molar-refractivity contribution is -0.117. The molecule has 1 heterocycles. The van der Waals surface area contributed by atoms with Gasteiger partial charge in [0.2, 0.25) is 5.91 Å². The number of rotatable bonds is 5. The molecule has 1 aromatic carbocycles. The molecule has 0 saturated heterocycles. The zero-order chi connectivity index (χ0) is 15.1. The summed E-state index contributed by atoms with van der Waals surface area (Å²) in [5.41, 5.74) is 2.47. The van der Waals surface area contributed by atoms with Crippen molar-refractivity contribution in [2.45, 2.75) is 13.3 Å². The number of aromatic nitrogens is 1. The summed E-state index contributed by atoms with van der Waals surface area (Å²) < 4.78 is 12.8. The Morgan fingerprint density at radius 3 is 2.71 bits per heavy atom. The van der Waals surface area contributed by atoms with Crippen molar-refractivity contribution in [2.75, 3.05) is 6.54 Å². The van der Waals surface area contributed by atoms with Gasteiger partial charge in [-0.2, -0.15) is 0 Å². The van der Waals surface area contributed by atoms with E-state index in [9.17, 15) is 9.18 Å². The minimum Gasteiger partial charge on any atom is -0.352 e. The first-order valence-corrected chi connectivity index (χ1v) is 6.76. The molecule has 0 aliphatic carbocycles. The van der Waals surface area contributed by atoms with E-state index in [0.29, 0.717) is 12.1 Å². The molecule has 4 heteroatoms. The Morgan fingerprint density at radius 2 is 2.05 bits per heavy atom. The Labute approximate surface area is 123 Å². The average molecular weight is 284 g/mol. The van der Waals surface area contributed by atoms with Gasteiger partial charge in [0.25, 0.3) is 0 Å². The third-order valence-electron chi connectivity index (χ3n) is 3.03. The molecule has 21 heavy (non-hydrogen) atoms. The van der Waals surface area contributed by atoms with Crippen LogP contribution in [0, 0.1) is 5.82 Å². The van der Waals surface area contributed by atoms with Gasteiger partial charge < -0.3 is 5.32 Å². The first-order valence-electron chi connectivity index (χ1n) is 6.76. The van der Waals surface area contributed by atoms with Crippen LogP contribution in [-0.4, -0.2) is 17.4 Å². The first-order chi connectivity index (χ1) is 10.1. The molecular weight excluding hydrogens is 267 g/mol. The van der Waals surface area contributed by atoms with Crippen LogP contribution in [0.1, 0.15) is 18.1 Å². The van der Waals surface area contributed by atoms with E-state index < -0.39 is 0 Å². The van der Waals surface area contributed by atoms with Crippen LogP contribution in [0.5, 0.6) is 0 Å². The van der Waals surface area contributed by atoms with E-state index in [0.717, 1.165) is 17.5 Å². The van der Waals surface area contributed by atoms with Gasteiger partial charge >= 0.3 is 0 Å². The number of hydrogen-bond donors (Lipinski definition) is 1. The Bertz CT molecular complexity index is 621. The number of halogens is 1. The number of carbonyl (C=O) groups excluding carboxylic acids is 1. The summed E-state index contributed by atoms with van der Waals surface area (Å²) in [6, 6.07) is 9.87. The molecule has 3 nitrogen and oxygen atoms in total. The van der Waals surface area contributed by atoms with E-state index in [1.54, 1.807) is 37.5 Å². The molecule has 0 fully saturated rings. The number of pyridine rings is 1. The molecule has 0 aliphatic heterocycles. The molecule has 0 atom stereocenters. The smallest absolute Gasteiger partial charge is 0.246 e. The van der Waals surface area contributed by atoms with Crippen LogP contribution >= 0.6 is 0 Å². The normalized spacial score (nSPS) is 11.2. The highest BCUT2D eigenvalue weighted by molar-refractivity contribution is 5.97. The zero-order valence-electron chi connectivity index (χ0n) is 11.8. The van der Waals surface area contributed by atoms with Gasteiger partial charge in [0.1, 0.15) is 5.82 Å². The van der Waals surface area contributed by atoms with Crippen LogP contribution in [0.25, 0.3) is 6.08 Å². The Kier molecular flexibility index (Phi) is 5.21. The highest BCUT2D eigenvalue weighted by Gasteiger charge is 2.03. The van der Waals surface area contributed by atoms with Crippen LogP contribution in [0.4, 0.5) is 4.39 Å². The van der Waals surface area contributed by atoms with Gasteiger partial charge in [0.05, 0.1) is 0 Å². The summed E-state index contributed by atoms with van der Waals surface area (Å²) in [4.78, 5) is 16.0. The summed E-state index contributed by atoms with van der Waals surface area (Å²) in [6.45, 7) is 2.29. The maximum absolute atomic E-state index is 12.8. The van der Waals surface area contributed by atoms with Crippen molar-refractivity contribution >= 4 is 12.0 Å². The molecule has 0 saturated carbocycles. The van der Waals surface area contributed by atoms with E-state index >= 15 is 0 Å². The van der Waals surface area contributed by atoms with Gasteiger partial charge in [0, 0.05) is 24.5 Å². The quantitative estimate of drug-likeness (QED) is 0.858. The van der Waals surface area contributed by atoms with Crippen LogP contribution < -0.4 is 5.32 Å². The second-order valence-electron chi connectivity index (χ2n) is 4.75. The Morgan fingerprint density at radius 1 is 1.29 bits per heavy atom. The van der Waals surface area contributed by atoms with E-state index in [1.165, 1.54) is 12.1 Å². The standard InChI is InChI=1S/C17H17FN2O/c1-13(11-14-4-6-16(18)7-5-14)17(21)20-10-8-15-3-2-9-19-12-15/h2-7,9,11-12H,8,10H2,1H3,(H,20,21). The van der Waals surface area contributed by atoms with E-state index in [-0.39, 0.29) is 11.7 Å². The predicted octanol–water partition coefficient (Wildman–Crippen LogP) is 2.98. The lowest BCUT2D eigenvalue weighted by atomic mass is 10.1. The molecule has 1 aromatic heterocycles. The Balaban J connectivity index is 1.86. The van der Waals surface area contributed by atoms with Crippen LogP contribution in [0.2, 0.25) is 0 Å². The van der Waals surface area contributed by atoms with Gasteiger partial charge in [-0.1, -0.05) is 18.2 Å². The number of nitrogens with zero attached hydrogens (tertiary/aromatic N) is 1. The van der Waals surface area contributed by atoms with Gasteiger partial charge in [-0.25, -0.2) is 4.39 Å². The highest BCUT2D eigenvalue weighted by atomic mass is 19.1. The molecule has 0 radical (unpaired) electrons. The summed E-state index contributed by atoms with van der Waals surface area (Å²) in [5.74, 6) is -0.408. The third-order valence-corrected chi connectivity index (χ3v) is 3.03. The maximum atomic E-state index is 12.8. The van der Waals surface area contributed by atoms with Gasteiger partial charge in [-0.15, -0.1) is 0 Å². The third kappa shape index (κ3) is 4.84. The molecule has 0 unspecified atom stereocenters. The fourth-order valence-electron chi connectivity index (χ4n) is 1.88. The van der Waals surface area contributed by atoms with Crippen LogP contribution in [-0.2, 0) is 11.2 Å². The molecule has 2 rings (SSSR count). The second-order valence-corrected chi connectivity index (χ2v) is 4.75. The fourth-order valence-corrected chi connectivity index (χ4v) is 1.88. The van der Waals surface area contributed by atoms with E-state index in [1.807, 2.05) is 12.1 Å². The molecule has 2 aromatic rings. The first kappa shape index (κ1) is 14.9. The van der Waals surface area contributed by atoms with Crippen molar-refractivity contribution in [3.63, 3.8) is 0 Å². The van der Waals surface area contributed by atoms with E-state index in [2.05, 4.69) is 10.3 Å². The minimum atomic E-state index is -0.286. The number of benzene rings is 1. The van der Waals surface area contributed by atoms with Gasteiger partial charge in [0.15, 0.2) is 0 Å². The second kappa shape index (κ2) is 7.33. The van der Waals surface area contributed by atoms with Gasteiger partial charge in [-0.05, 0) is 48.7 Å². The maximum Gasteiger partial charge on any atom is 0.246 e. The zero-order valence-corrected chi connectivity index (χ0v) is 11.8. The lowest BCUT2D eigenvalue weighted by Crippen LogP contribution is -2.26.